The van der Waals surface area contributed by atoms with E-state index in [0.717, 1.165) is 45.4 Å². The van der Waals surface area contributed by atoms with E-state index in [1.165, 1.54) is 6.42 Å². The summed E-state index contributed by atoms with van der Waals surface area (Å²) in [5.74, 6) is 0.0908. The number of amides is 1. The Labute approximate surface area is 109 Å². The van der Waals surface area contributed by atoms with Gasteiger partial charge in [-0.25, -0.2) is 0 Å². The Kier molecular flexibility index (Phi) is 4.97. The van der Waals surface area contributed by atoms with E-state index in [1.807, 2.05) is 4.90 Å². The molecule has 0 aromatic heterocycles. The van der Waals surface area contributed by atoms with Gasteiger partial charge in [0, 0.05) is 26.2 Å². The average molecular weight is 256 g/mol. The van der Waals surface area contributed by atoms with Crippen LogP contribution in [0, 0.1) is 0 Å². The van der Waals surface area contributed by atoms with E-state index >= 15 is 0 Å². The van der Waals surface area contributed by atoms with E-state index in [0.29, 0.717) is 13.2 Å². The van der Waals surface area contributed by atoms with Gasteiger partial charge in [0.25, 0.3) is 0 Å². The largest absolute Gasteiger partial charge is 0.378 e. The molecule has 18 heavy (non-hydrogen) atoms. The molecule has 1 unspecified atom stereocenters. The summed E-state index contributed by atoms with van der Waals surface area (Å²) in [7, 11) is 0. The number of rotatable bonds is 4. The SMILES string of the molecule is NCC1(OCC(=O)N2CCCCC2)CCCOC1. The van der Waals surface area contributed by atoms with E-state index in [9.17, 15) is 4.79 Å². The molecule has 5 nitrogen and oxygen atoms in total. The average Bonchev–Trinajstić information content (AvgIpc) is 2.47. The Morgan fingerprint density at radius 1 is 1.28 bits per heavy atom. The van der Waals surface area contributed by atoms with Crippen LogP contribution in [0.1, 0.15) is 32.1 Å². The third-order valence-electron chi connectivity index (χ3n) is 3.87. The lowest BCUT2D eigenvalue weighted by atomic mass is 9.96. The molecule has 5 heteroatoms. The first-order valence-corrected chi connectivity index (χ1v) is 6.95. The van der Waals surface area contributed by atoms with Crippen molar-refractivity contribution in [3.8, 4) is 0 Å². The fraction of sp³-hybridized carbons (Fsp3) is 0.923. The zero-order chi connectivity index (χ0) is 12.8. The van der Waals surface area contributed by atoms with Crippen molar-refractivity contribution >= 4 is 5.91 Å². The van der Waals surface area contributed by atoms with Gasteiger partial charge in [-0.15, -0.1) is 0 Å². The number of hydrogen-bond donors (Lipinski definition) is 1. The number of nitrogens with two attached hydrogens (primary N) is 1. The van der Waals surface area contributed by atoms with Crippen LogP contribution in [0.3, 0.4) is 0 Å². The lowest BCUT2D eigenvalue weighted by Gasteiger charge is -2.36. The number of hydrogen-bond acceptors (Lipinski definition) is 4. The first-order valence-electron chi connectivity index (χ1n) is 6.95. The van der Waals surface area contributed by atoms with E-state index in [4.69, 9.17) is 15.2 Å². The molecular weight excluding hydrogens is 232 g/mol. The second-order valence-corrected chi connectivity index (χ2v) is 5.27. The molecule has 104 valence electrons. The third kappa shape index (κ3) is 3.43. The van der Waals surface area contributed by atoms with Crippen LogP contribution in [0.2, 0.25) is 0 Å². The predicted molar refractivity (Wildman–Crippen MR) is 68.2 cm³/mol. The standard InChI is InChI=1S/C13H24N2O3/c14-10-13(5-4-8-17-11-13)18-9-12(16)15-6-2-1-3-7-15/h1-11,14H2. The highest BCUT2D eigenvalue weighted by atomic mass is 16.5. The quantitative estimate of drug-likeness (QED) is 0.796. The summed E-state index contributed by atoms with van der Waals surface area (Å²) >= 11 is 0. The fourth-order valence-electron chi connectivity index (χ4n) is 2.61. The van der Waals surface area contributed by atoms with Crippen molar-refractivity contribution < 1.29 is 14.3 Å². The van der Waals surface area contributed by atoms with Crippen molar-refractivity contribution in [2.75, 3.05) is 39.5 Å². The molecule has 0 radical (unpaired) electrons. The first-order chi connectivity index (χ1) is 8.76. The van der Waals surface area contributed by atoms with Crippen molar-refractivity contribution in [2.45, 2.75) is 37.7 Å². The molecule has 2 fully saturated rings. The van der Waals surface area contributed by atoms with Crippen molar-refractivity contribution in [1.29, 1.82) is 0 Å². The Bertz CT molecular complexity index is 271. The number of piperidine rings is 1. The van der Waals surface area contributed by atoms with Gasteiger partial charge in [0.15, 0.2) is 0 Å². The molecule has 2 rings (SSSR count). The zero-order valence-corrected chi connectivity index (χ0v) is 11.0. The number of nitrogens with zero attached hydrogens (tertiary/aromatic N) is 1. The fourth-order valence-corrected chi connectivity index (χ4v) is 2.61. The Morgan fingerprint density at radius 2 is 2.06 bits per heavy atom. The second kappa shape index (κ2) is 6.50. The van der Waals surface area contributed by atoms with Crippen molar-refractivity contribution in [2.24, 2.45) is 5.73 Å². The van der Waals surface area contributed by atoms with Crippen LogP contribution in [0.5, 0.6) is 0 Å². The predicted octanol–water partition coefficient (Wildman–Crippen LogP) is 0.523. The van der Waals surface area contributed by atoms with Crippen LogP contribution in [0.4, 0.5) is 0 Å². The summed E-state index contributed by atoms with van der Waals surface area (Å²) in [4.78, 5) is 13.9. The molecular formula is C13H24N2O3. The molecule has 0 aliphatic carbocycles. The van der Waals surface area contributed by atoms with Crippen molar-refractivity contribution in [1.82, 2.24) is 4.90 Å². The molecule has 1 atom stereocenters. The first kappa shape index (κ1) is 13.8. The van der Waals surface area contributed by atoms with Crippen LogP contribution in [0.15, 0.2) is 0 Å². The summed E-state index contributed by atoms with van der Waals surface area (Å²) in [6.07, 6.45) is 5.28. The molecule has 2 saturated heterocycles. The molecule has 0 saturated carbocycles. The van der Waals surface area contributed by atoms with Gasteiger partial charge in [-0.1, -0.05) is 0 Å². The van der Waals surface area contributed by atoms with Crippen LogP contribution in [0.25, 0.3) is 0 Å². The van der Waals surface area contributed by atoms with Gasteiger partial charge < -0.3 is 20.1 Å². The molecule has 0 bridgehead atoms. The molecule has 0 aromatic rings. The summed E-state index contributed by atoms with van der Waals surface area (Å²) in [5, 5.41) is 0. The number of carbonyl (C=O) groups excluding carboxylic acids is 1. The zero-order valence-electron chi connectivity index (χ0n) is 11.0. The molecule has 1 amide bonds. The van der Waals surface area contributed by atoms with E-state index in [-0.39, 0.29) is 12.5 Å². The molecule has 2 aliphatic rings. The monoisotopic (exact) mass is 256 g/mol. The van der Waals surface area contributed by atoms with Gasteiger partial charge in [0.1, 0.15) is 12.2 Å². The minimum atomic E-state index is -0.441. The van der Waals surface area contributed by atoms with Gasteiger partial charge in [0.05, 0.1) is 6.61 Å². The topological polar surface area (TPSA) is 64.8 Å². The van der Waals surface area contributed by atoms with Gasteiger partial charge >= 0.3 is 0 Å². The molecule has 2 aliphatic heterocycles. The maximum Gasteiger partial charge on any atom is 0.248 e. The van der Waals surface area contributed by atoms with Gasteiger partial charge in [-0.3, -0.25) is 4.79 Å². The minimum Gasteiger partial charge on any atom is -0.378 e. The number of ether oxygens (including phenoxy) is 2. The van der Waals surface area contributed by atoms with Crippen molar-refractivity contribution in [3.63, 3.8) is 0 Å². The maximum atomic E-state index is 12.0. The molecule has 0 aromatic carbocycles. The summed E-state index contributed by atoms with van der Waals surface area (Å²) < 4.78 is 11.2. The Hall–Kier alpha value is -0.650. The minimum absolute atomic E-state index is 0.0908. The maximum absolute atomic E-state index is 12.0. The summed E-state index contributed by atoms with van der Waals surface area (Å²) in [6.45, 7) is 3.57. The van der Waals surface area contributed by atoms with E-state index in [2.05, 4.69) is 0 Å². The van der Waals surface area contributed by atoms with E-state index in [1.54, 1.807) is 0 Å². The smallest absolute Gasteiger partial charge is 0.248 e. The van der Waals surface area contributed by atoms with Gasteiger partial charge in [-0.2, -0.15) is 0 Å². The lowest BCUT2D eigenvalue weighted by Crippen LogP contribution is -2.50. The molecule has 2 N–H and O–H groups in total. The molecule has 0 spiro atoms. The van der Waals surface area contributed by atoms with Gasteiger partial charge in [-0.05, 0) is 32.1 Å². The normalized spacial score (nSPS) is 29.3. The van der Waals surface area contributed by atoms with Crippen LogP contribution in [-0.4, -0.2) is 55.9 Å². The van der Waals surface area contributed by atoms with E-state index < -0.39 is 5.60 Å². The molecule has 2 heterocycles. The highest BCUT2D eigenvalue weighted by Gasteiger charge is 2.33. The van der Waals surface area contributed by atoms with Crippen LogP contribution >= 0.6 is 0 Å². The Morgan fingerprint density at radius 3 is 2.67 bits per heavy atom. The lowest BCUT2D eigenvalue weighted by molar-refractivity contribution is -0.156. The number of likely N-dealkylation sites (tertiary alicyclic amines) is 1. The summed E-state index contributed by atoms with van der Waals surface area (Å²) in [6, 6.07) is 0. The Balaban J connectivity index is 1.79. The van der Waals surface area contributed by atoms with Crippen LogP contribution in [-0.2, 0) is 14.3 Å². The van der Waals surface area contributed by atoms with Crippen molar-refractivity contribution in [3.05, 3.63) is 0 Å². The second-order valence-electron chi connectivity index (χ2n) is 5.27. The third-order valence-corrected chi connectivity index (χ3v) is 3.87. The summed E-state index contributed by atoms with van der Waals surface area (Å²) in [5.41, 5.74) is 5.33. The van der Waals surface area contributed by atoms with Crippen LogP contribution < -0.4 is 5.73 Å². The highest BCUT2D eigenvalue weighted by molar-refractivity contribution is 5.77. The van der Waals surface area contributed by atoms with Gasteiger partial charge in [0.2, 0.25) is 5.91 Å². The number of carbonyl (C=O) groups is 1. The highest BCUT2D eigenvalue weighted by Crippen LogP contribution is 2.22.